The summed E-state index contributed by atoms with van der Waals surface area (Å²) >= 11 is 7.32. The van der Waals surface area contributed by atoms with Crippen molar-refractivity contribution in [1.82, 2.24) is 19.6 Å². The molecule has 0 aliphatic carbocycles. The molecule has 1 N–H and O–H groups in total. The summed E-state index contributed by atoms with van der Waals surface area (Å²) in [4.78, 5) is 17.2. The van der Waals surface area contributed by atoms with Gasteiger partial charge in [0.1, 0.15) is 5.03 Å². The summed E-state index contributed by atoms with van der Waals surface area (Å²) in [6.45, 7) is 0. The van der Waals surface area contributed by atoms with Crippen molar-refractivity contribution in [1.29, 1.82) is 0 Å². The van der Waals surface area contributed by atoms with E-state index in [9.17, 15) is 4.79 Å². The fourth-order valence-electron chi connectivity index (χ4n) is 3.33. The van der Waals surface area contributed by atoms with Crippen LogP contribution in [-0.4, -0.2) is 31.2 Å². The van der Waals surface area contributed by atoms with Gasteiger partial charge < -0.3 is 5.32 Å². The molecule has 2 heterocycles. The van der Waals surface area contributed by atoms with Crippen molar-refractivity contribution in [3.8, 4) is 11.4 Å². The van der Waals surface area contributed by atoms with Gasteiger partial charge in [-0.05, 0) is 30.3 Å². The molecule has 0 fully saturated rings. The molecular weight excluding hydrogens is 430 g/mol. The number of nitrogens with zero attached hydrogens (tertiary/aromatic N) is 4. The minimum atomic E-state index is -0.150. The number of amides is 1. The van der Waals surface area contributed by atoms with Crippen LogP contribution in [0.3, 0.4) is 0 Å². The number of aromatic nitrogens is 4. The van der Waals surface area contributed by atoms with Crippen LogP contribution in [0.4, 0.5) is 5.69 Å². The fourth-order valence-corrected chi connectivity index (χ4v) is 4.28. The number of fused-ring (bicyclic) bond motifs is 3. The van der Waals surface area contributed by atoms with Gasteiger partial charge in [0.2, 0.25) is 5.91 Å². The molecule has 8 heteroatoms. The molecule has 0 aliphatic rings. The van der Waals surface area contributed by atoms with Gasteiger partial charge in [0.05, 0.1) is 16.8 Å². The number of nitrogens with one attached hydrogen (secondary N) is 1. The van der Waals surface area contributed by atoms with Gasteiger partial charge in [-0.1, -0.05) is 71.9 Å². The lowest BCUT2D eigenvalue weighted by Gasteiger charge is -2.09. The summed E-state index contributed by atoms with van der Waals surface area (Å²) in [5.74, 6) is 0.767. The van der Waals surface area contributed by atoms with E-state index in [1.165, 1.54) is 11.8 Å². The Balaban J connectivity index is 1.50. The Morgan fingerprint density at radius 3 is 2.61 bits per heavy atom. The molecule has 0 unspecified atom stereocenters. The van der Waals surface area contributed by atoms with Gasteiger partial charge in [-0.3, -0.25) is 9.20 Å². The number of carbonyl (C=O) groups is 1. The number of halogens is 1. The molecule has 3 aromatic carbocycles. The van der Waals surface area contributed by atoms with Gasteiger partial charge in [0, 0.05) is 16.3 Å². The molecule has 2 aromatic heterocycles. The van der Waals surface area contributed by atoms with Crippen molar-refractivity contribution in [2.45, 2.75) is 5.03 Å². The van der Waals surface area contributed by atoms with Crippen molar-refractivity contribution in [3.05, 3.63) is 83.9 Å². The molecular formula is C23H16ClN5OS. The van der Waals surface area contributed by atoms with E-state index in [4.69, 9.17) is 16.6 Å². The van der Waals surface area contributed by atoms with Gasteiger partial charge in [0.15, 0.2) is 11.5 Å². The third-order valence-electron chi connectivity index (χ3n) is 4.68. The highest BCUT2D eigenvalue weighted by Gasteiger charge is 2.17. The van der Waals surface area contributed by atoms with Gasteiger partial charge >= 0.3 is 0 Å². The maximum absolute atomic E-state index is 12.5. The lowest BCUT2D eigenvalue weighted by molar-refractivity contribution is -0.113. The van der Waals surface area contributed by atoms with Crippen LogP contribution in [0, 0.1) is 0 Å². The SMILES string of the molecule is O=C(CSc1nc2ccccc2n2c(-c3ccccc3)nnc12)Nc1cccc(Cl)c1. The number of thioether (sulfide) groups is 1. The Morgan fingerprint density at radius 1 is 0.968 bits per heavy atom. The summed E-state index contributed by atoms with van der Waals surface area (Å²) in [7, 11) is 0. The normalized spacial score (nSPS) is 11.1. The number of carbonyl (C=O) groups excluding carboxylic acids is 1. The molecule has 152 valence electrons. The smallest absolute Gasteiger partial charge is 0.234 e. The summed E-state index contributed by atoms with van der Waals surface area (Å²) in [5.41, 5.74) is 3.96. The summed E-state index contributed by atoms with van der Waals surface area (Å²) in [5, 5.41) is 12.9. The standard InChI is InChI=1S/C23H16ClN5OS/c24-16-9-6-10-17(13-16)25-20(30)14-31-23-22-28-27-21(15-7-2-1-3-8-15)29(22)19-12-5-4-11-18(19)26-23/h1-13H,14H2,(H,25,30). The summed E-state index contributed by atoms with van der Waals surface area (Å²) < 4.78 is 1.99. The monoisotopic (exact) mass is 445 g/mol. The van der Waals surface area contributed by atoms with Crippen LogP contribution in [-0.2, 0) is 4.79 Å². The molecule has 6 nitrogen and oxygen atoms in total. The predicted molar refractivity (Wildman–Crippen MR) is 125 cm³/mol. The van der Waals surface area contributed by atoms with Crippen LogP contribution in [0.5, 0.6) is 0 Å². The van der Waals surface area contributed by atoms with Crippen LogP contribution in [0.1, 0.15) is 0 Å². The molecule has 5 rings (SSSR count). The number of para-hydroxylation sites is 2. The van der Waals surface area contributed by atoms with E-state index in [-0.39, 0.29) is 11.7 Å². The number of rotatable bonds is 5. The maximum atomic E-state index is 12.5. The highest BCUT2D eigenvalue weighted by Crippen LogP contribution is 2.29. The Morgan fingerprint density at radius 2 is 1.77 bits per heavy atom. The first kappa shape index (κ1) is 19.5. The highest BCUT2D eigenvalue weighted by atomic mass is 35.5. The van der Waals surface area contributed by atoms with Gasteiger partial charge in [0.25, 0.3) is 0 Å². The van der Waals surface area contributed by atoms with Crippen LogP contribution in [0.25, 0.3) is 28.1 Å². The third-order valence-corrected chi connectivity index (χ3v) is 5.87. The zero-order valence-corrected chi connectivity index (χ0v) is 17.8. The average molecular weight is 446 g/mol. The van der Waals surface area contributed by atoms with Crippen molar-refractivity contribution in [3.63, 3.8) is 0 Å². The van der Waals surface area contributed by atoms with E-state index in [1.54, 1.807) is 24.3 Å². The lowest BCUT2D eigenvalue weighted by Crippen LogP contribution is -2.14. The first-order chi connectivity index (χ1) is 15.2. The molecule has 1 amide bonds. The molecule has 0 spiro atoms. The van der Waals surface area contributed by atoms with Crippen molar-refractivity contribution in [2.75, 3.05) is 11.1 Å². The minimum Gasteiger partial charge on any atom is -0.325 e. The Kier molecular flexibility index (Phi) is 5.28. The number of hydrogen-bond acceptors (Lipinski definition) is 5. The number of benzene rings is 3. The zero-order valence-electron chi connectivity index (χ0n) is 16.2. The summed E-state index contributed by atoms with van der Waals surface area (Å²) in [6, 6.07) is 24.8. The molecule has 0 radical (unpaired) electrons. The largest absolute Gasteiger partial charge is 0.325 e. The molecule has 5 aromatic rings. The van der Waals surface area contributed by atoms with Crippen LogP contribution in [0.2, 0.25) is 5.02 Å². The van der Waals surface area contributed by atoms with Gasteiger partial charge in [-0.2, -0.15) is 0 Å². The molecule has 0 bridgehead atoms. The van der Waals surface area contributed by atoms with E-state index in [1.807, 2.05) is 59.0 Å². The van der Waals surface area contributed by atoms with Crippen molar-refractivity contribution >= 4 is 51.6 Å². The van der Waals surface area contributed by atoms with E-state index in [0.29, 0.717) is 21.4 Å². The van der Waals surface area contributed by atoms with Crippen molar-refractivity contribution < 1.29 is 4.79 Å². The van der Waals surface area contributed by atoms with Crippen LogP contribution in [0.15, 0.2) is 83.9 Å². The van der Waals surface area contributed by atoms with E-state index in [2.05, 4.69) is 15.5 Å². The van der Waals surface area contributed by atoms with E-state index in [0.717, 1.165) is 22.4 Å². The Labute approximate surface area is 187 Å². The first-order valence-corrected chi connectivity index (χ1v) is 10.9. The fraction of sp³-hybridized carbons (Fsp3) is 0.0435. The van der Waals surface area contributed by atoms with E-state index < -0.39 is 0 Å². The molecule has 0 aliphatic heterocycles. The molecule has 0 saturated carbocycles. The molecule has 0 saturated heterocycles. The van der Waals surface area contributed by atoms with E-state index >= 15 is 0 Å². The quantitative estimate of drug-likeness (QED) is 0.370. The first-order valence-electron chi connectivity index (χ1n) is 9.56. The predicted octanol–water partition coefficient (Wildman–Crippen LogP) is 5.33. The minimum absolute atomic E-state index is 0.150. The van der Waals surface area contributed by atoms with Crippen LogP contribution >= 0.6 is 23.4 Å². The lowest BCUT2D eigenvalue weighted by atomic mass is 10.2. The van der Waals surface area contributed by atoms with Gasteiger partial charge in [-0.25, -0.2) is 4.98 Å². The van der Waals surface area contributed by atoms with Gasteiger partial charge in [-0.15, -0.1) is 10.2 Å². The second-order valence-corrected chi connectivity index (χ2v) is 8.20. The third kappa shape index (κ3) is 3.97. The average Bonchev–Trinajstić information content (AvgIpc) is 3.24. The molecule has 31 heavy (non-hydrogen) atoms. The topological polar surface area (TPSA) is 72.2 Å². The Bertz CT molecular complexity index is 1400. The Hall–Kier alpha value is -3.42. The maximum Gasteiger partial charge on any atom is 0.234 e. The zero-order chi connectivity index (χ0) is 21.2. The van der Waals surface area contributed by atoms with Crippen molar-refractivity contribution in [2.24, 2.45) is 0 Å². The van der Waals surface area contributed by atoms with Crippen LogP contribution < -0.4 is 5.32 Å². The highest BCUT2D eigenvalue weighted by molar-refractivity contribution is 8.00. The number of hydrogen-bond donors (Lipinski definition) is 1. The second kappa shape index (κ2) is 8.37. The molecule has 0 atom stereocenters. The number of anilines is 1. The second-order valence-electron chi connectivity index (χ2n) is 6.80. The summed E-state index contributed by atoms with van der Waals surface area (Å²) in [6.07, 6.45) is 0.